The monoisotopic (exact) mass is 273 g/mol. The van der Waals surface area contributed by atoms with Crippen molar-refractivity contribution in [3.63, 3.8) is 0 Å². The van der Waals surface area contributed by atoms with Crippen molar-refractivity contribution in [1.82, 2.24) is 0 Å². The largest absolute Gasteiger partial charge is 1.00 e. The molecule has 1 heterocycles. The average molecular weight is 274 g/mol. The van der Waals surface area contributed by atoms with Gasteiger partial charge >= 0.3 is 58.2 Å². The van der Waals surface area contributed by atoms with Gasteiger partial charge in [-0.3, -0.25) is 6.42 Å². The van der Waals surface area contributed by atoms with Crippen molar-refractivity contribution >= 4 is 0 Å². The zero-order valence-electron chi connectivity index (χ0n) is 9.86. The molecule has 4 heteroatoms. The van der Waals surface area contributed by atoms with Crippen molar-refractivity contribution in [2.45, 2.75) is 45.5 Å². The van der Waals surface area contributed by atoms with E-state index in [1.54, 1.807) is 7.11 Å². The molecule has 0 amide bonds. The van der Waals surface area contributed by atoms with Crippen LogP contribution in [0.3, 0.4) is 0 Å². The Labute approximate surface area is 136 Å². The van der Waals surface area contributed by atoms with Gasteiger partial charge in [0.05, 0.1) is 6.10 Å². The number of ether oxygens (including phenoxy) is 2. The summed E-state index contributed by atoms with van der Waals surface area (Å²) in [6, 6.07) is 0. The third-order valence-electron chi connectivity index (χ3n) is 2.66. The smallest absolute Gasteiger partial charge is 0.870 e. The van der Waals surface area contributed by atoms with E-state index in [0.29, 0.717) is 12.0 Å². The summed E-state index contributed by atoms with van der Waals surface area (Å²) in [6.07, 6.45) is 4.04. The third kappa shape index (κ3) is 4.68. The molecule has 0 aliphatic carbocycles. The summed E-state index contributed by atoms with van der Waals surface area (Å²) in [6.45, 7) is 6.42. The Morgan fingerprint density at radius 2 is 1.93 bits per heavy atom. The summed E-state index contributed by atoms with van der Waals surface area (Å²) in [5.41, 5.74) is 0. The molecule has 14 heavy (non-hydrogen) atoms. The van der Waals surface area contributed by atoms with Crippen LogP contribution in [0.2, 0.25) is 0 Å². The summed E-state index contributed by atoms with van der Waals surface area (Å²) in [5.74, 6) is 0.498. The second-order valence-corrected chi connectivity index (χ2v) is 3.54. The van der Waals surface area contributed by atoms with Crippen LogP contribution in [0.15, 0.2) is 0 Å². The first-order chi connectivity index (χ1) is 5.69. The first kappa shape index (κ1) is 18.1. The van der Waals surface area contributed by atoms with E-state index in [1.807, 2.05) is 0 Å². The predicted octanol–water partition coefficient (Wildman–Crippen LogP) is -1.13. The molecule has 1 fully saturated rings. The molecule has 1 rings (SSSR count). The zero-order valence-corrected chi connectivity index (χ0v) is 14.8. The topological polar surface area (TPSA) is 48.5 Å². The average Bonchev–Trinajstić information content (AvgIpc) is 2.09. The van der Waals surface area contributed by atoms with Gasteiger partial charge in [0.25, 0.3) is 0 Å². The van der Waals surface area contributed by atoms with Crippen LogP contribution in [0, 0.1) is 12.3 Å². The molecule has 0 saturated carbocycles. The van der Waals surface area contributed by atoms with Gasteiger partial charge in [-0.25, -0.2) is 0 Å². The van der Waals surface area contributed by atoms with Gasteiger partial charge < -0.3 is 14.9 Å². The second-order valence-electron chi connectivity index (χ2n) is 3.54. The van der Waals surface area contributed by atoms with Gasteiger partial charge in [-0.1, -0.05) is 13.8 Å². The normalized spacial score (nSPS) is 36.9. The maximum Gasteiger partial charge on any atom is 1.00 e. The number of hydrogen-bond donors (Lipinski definition) is 0. The summed E-state index contributed by atoms with van der Waals surface area (Å²) < 4.78 is 11.1. The number of hydrogen-bond acceptors (Lipinski definition) is 3. The molecule has 0 aromatic heterocycles. The van der Waals surface area contributed by atoms with Crippen LogP contribution >= 0.6 is 0 Å². The number of methoxy groups -OCH3 is 1. The number of rotatable bonds is 2. The Bertz CT molecular complexity index is 127. The minimum absolute atomic E-state index is 0. The van der Waals surface area contributed by atoms with Crippen molar-refractivity contribution in [1.29, 1.82) is 0 Å². The molecule has 1 N–H and O–H groups in total. The van der Waals surface area contributed by atoms with Crippen molar-refractivity contribution < 1.29 is 73.1 Å². The molecule has 0 aromatic rings. The van der Waals surface area contributed by atoms with Gasteiger partial charge in [-0.15, -0.1) is 5.92 Å². The Kier molecular flexibility index (Phi) is 11.3. The van der Waals surface area contributed by atoms with E-state index in [-0.39, 0.29) is 75.9 Å². The molecule has 0 bridgehead atoms. The predicted molar refractivity (Wildman–Crippen MR) is 50.8 cm³/mol. The molecular formula is C10H20O3Rb-. The molecule has 0 radical (unpaired) electrons. The molecule has 80 valence electrons. The Balaban J connectivity index is 0. The molecule has 4 atom stereocenters. The minimum Gasteiger partial charge on any atom is -0.870 e. The summed E-state index contributed by atoms with van der Waals surface area (Å²) in [7, 11) is 1.75. The molecule has 3 unspecified atom stereocenters. The van der Waals surface area contributed by atoms with Crippen molar-refractivity contribution in [2.24, 2.45) is 5.92 Å². The quantitative estimate of drug-likeness (QED) is 0.598. The van der Waals surface area contributed by atoms with E-state index >= 15 is 0 Å². The third-order valence-corrected chi connectivity index (χ3v) is 2.66. The van der Waals surface area contributed by atoms with E-state index in [4.69, 9.17) is 9.47 Å². The van der Waals surface area contributed by atoms with Crippen LogP contribution in [0.1, 0.15) is 27.2 Å². The summed E-state index contributed by atoms with van der Waals surface area (Å²) in [5, 5.41) is 0. The molecule has 0 spiro atoms. The standard InChI is InChI=1S/C10H19O2.H2O.Rb/c1-5-9-10(11-4)6-7(2)8(3)12-9;;/h6-10H,5H2,1-4H3;1H2;/q-1;;+1/p-1/t7?,8?,9?,10-;;/m0../s1. The van der Waals surface area contributed by atoms with Crippen molar-refractivity contribution in [2.75, 3.05) is 7.11 Å². The Morgan fingerprint density at radius 3 is 2.36 bits per heavy atom. The van der Waals surface area contributed by atoms with Gasteiger partial charge in [-0.05, 0) is 19.4 Å². The van der Waals surface area contributed by atoms with Gasteiger partial charge in [0, 0.05) is 13.2 Å². The van der Waals surface area contributed by atoms with Crippen LogP contribution in [0.4, 0.5) is 0 Å². The van der Waals surface area contributed by atoms with Crippen LogP contribution in [0.25, 0.3) is 0 Å². The fourth-order valence-corrected chi connectivity index (χ4v) is 1.62. The van der Waals surface area contributed by atoms with E-state index < -0.39 is 0 Å². The maximum absolute atomic E-state index is 5.79. The van der Waals surface area contributed by atoms with Crippen LogP contribution in [-0.4, -0.2) is 30.9 Å². The van der Waals surface area contributed by atoms with E-state index in [0.717, 1.165) is 6.42 Å². The van der Waals surface area contributed by atoms with Gasteiger partial charge in [0.2, 0.25) is 0 Å². The first-order valence-corrected chi connectivity index (χ1v) is 4.72. The van der Waals surface area contributed by atoms with Gasteiger partial charge in [0.15, 0.2) is 0 Å². The molecule has 0 aromatic carbocycles. The Hall–Kier alpha value is 1.69. The van der Waals surface area contributed by atoms with Gasteiger partial charge in [0.1, 0.15) is 0 Å². The Morgan fingerprint density at radius 1 is 1.36 bits per heavy atom. The molecule has 1 aliphatic heterocycles. The van der Waals surface area contributed by atoms with Crippen LogP contribution in [0.5, 0.6) is 0 Å². The fourth-order valence-electron chi connectivity index (χ4n) is 1.62. The minimum atomic E-state index is 0. The molecular weight excluding hydrogens is 254 g/mol. The fraction of sp³-hybridized carbons (Fsp3) is 0.900. The first-order valence-electron chi connectivity index (χ1n) is 4.72. The zero-order chi connectivity index (χ0) is 9.14. The van der Waals surface area contributed by atoms with Crippen LogP contribution < -0.4 is 58.2 Å². The van der Waals surface area contributed by atoms with E-state index in [9.17, 15) is 0 Å². The maximum atomic E-state index is 5.79. The van der Waals surface area contributed by atoms with Gasteiger partial charge in [-0.2, -0.15) is 0 Å². The molecule has 3 nitrogen and oxygen atoms in total. The van der Waals surface area contributed by atoms with Crippen molar-refractivity contribution in [3.8, 4) is 0 Å². The van der Waals surface area contributed by atoms with E-state index in [2.05, 4.69) is 27.2 Å². The second kappa shape index (κ2) is 8.79. The SMILES string of the molecule is CCC1OC(C)C(C)[CH-][C@@H]1OC.[OH-].[Rb+]. The molecule has 1 aliphatic rings. The van der Waals surface area contributed by atoms with Crippen LogP contribution in [-0.2, 0) is 9.47 Å². The van der Waals surface area contributed by atoms with E-state index in [1.165, 1.54) is 0 Å². The summed E-state index contributed by atoms with van der Waals surface area (Å²) >= 11 is 0. The van der Waals surface area contributed by atoms with Crippen molar-refractivity contribution in [3.05, 3.63) is 6.42 Å². The summed E-state index contributed by atoms with van der Waals surface area (Å²) in [4.78, 5) is 0. The molecule has 1 saturated heterocycles.